The second-order valence-corrected chi connectivity index (χ2v) is 3.94. The Kier molecular flexibility index (Phi) is 4.99. The van der Waals surface area contributed by atoms with Crippen LogP contribution in [0.3, 0.4) is 0 Å². The Bertz CT molecular complexity index is 345. The van der Waals surface area contributed by atoms with Crippen LogP contribution in [-0.2, 0) is 0 Å². The van der Waals surface area contributed by atoms with Gasteiger partial charge in [0.25, 0.3) is 0 Å². The van der Waals surface area contributed by atoms with Crippen molar-refractivity contribution in [3.8, 4) is 5.75 Å². The van der Waals surface area contributed by atoms with Crippen LogP contribution >= 0.6 is 0 Å². The number of hydrogen-bond acceptors (Lipinski definition) is 3. The van der Waals surface area contributed by atoms with Crippen LogP contribution in [0.15, 0.2) is 24.3 Å². The van der Waals surface area contributed by atoms with Gasteiger partial charge in [0.2, 0.25) is 0 Å². The Hall–Kier alpha value is -1.35. The van der Waals surface area contributed by atoms with Crippen molar-refractivity contribution < 1.29 is 14.6 Å². The molecule has 0 bridgehead atoms. The largest absolute Gasteiger partial charge is 0.491 e. The highest BCUT2D eigenvalue weighted by atomic mass is 16.5. The minimum Gasteiger partial charge on any atom is -0.491 e. The van der Waals surface area contributed by atoms with E-state index in [0.29, 0.717) is 24.2 Å². The van der Waals surface area contributed by atoms with E-state index in [1.165, 1.54) is 0 Å². The van der Waals surface area contributed by atoms with Crippen molar-refractivity contribution in [3.63, 3.8) is 0 Å². The number of benzene rings is 1. The summed E-state index contributed by atoms with van der Waals surface area (Å²) in [6.07, 6.45) is 0.984. The van der Waals surface area contributed by atoms with E-state index in [4.69, 9.17) is 9.84 Å². The van der Waals surface area contributed by atoms with E-state index in [9.17, 15) is 4.79 Å². The summed E-state index contributed by atoms with van der Waals surface area (Å²) in [6.45, 7) is 3.94. The van der Waals surface area contributed by atoms with Crippen molar-refractivity contribution in [2.45, 2.75) is 32.8 Å². The molecule has 1 rings (SSSR count). The molecule has 0 aliphatic carbocycles. The minimum absolute atomic E-state index is 0.0447. The van der Waals surface area contributed by atoms with E-state index in [-0.39, 0.29) is 18.5 Å². The Labute approximate surface area is 96.1 Å². The SMILES string of the molecule is CC(C)Oc1cccc(C(=O)CCCO)c1. The zero-order valence-electron chi connectivity index (χ0n) is 9.77. The highest BCUT2D eigenvalue weighted by molar-refractivity contribution is 5.96. The van der Waals surface area contributed by atoms with Gasteiger partial charge in [-0.1, -0.05) is 12.1 Å². The van der Waals surface area contributed by atoms with E-state index < -0.39 is 0 Å². The smallest absolute Gasteiger partial charge is 0.163 e. The van der Waals surface area contributed by atoms with E-state index in [0.717, 1.165) is 0 Å². The van der Waals surface area contributed by atoms with Crippen LogP contribution in [0.4, 0.5) is 0 Å². The molecule has 0 atom stereocenters. The van der Waals surface area contributed by atoms with Gasteiger partial charge in [-0.25, -0.2) is 0 Å². The first-order valence-corrected chi connectivity index (χ1v) is 5.54. The first-order chi connectivity index (χ1) is 7.63. The molecule has 1 aromatic carbocycles. The van der Waals surface area contributed by atoms with Crippen molar-refractivity contribution in [1.82, 2.24) is 0 Å². The summed E-state index contributed by atoms with van der Waals surface area (Å²) in [7, 11) is 0. The first kappa shape index (κ1) is 12.7. The van der Waals surface area contributed by atoms with Gasteiger partial charge in [0, 0.05) is 18.6 Å². The standard InChI is InChI=1S/C13H18O3/c1-10(2)16-12-6-3-5-11(9-12)13(15)7-4-8-14/h3,5-6,9-10,14H,4,7-8H2,1-2H3. The second kappa shape index (κ2) is 6.28. The molecule has 0 aliphatic rings. The lowest BCUT2D eigenvalue weighted by atomic mass is 10.1. The number of carbonyl (C=O) groups is 1. The third kappa shape index (κ3) is 4.03. The fourth-order valence-electron chi connectivity index (χ4n) is 1.40. The molecule has 0 spiro atoms. The number of hydrogen-bond donors (Lipinski definition) is 1. The van der Waals surface area contributed by atoms with Crippen LogP contribution in [-0.4, -0.2) is 23.6 Å². The van der Waals surface area contributed by atoms with Crippen molar-refractivity contribution >= 4 is 5.78 Å². The zero-order valence-corrected chi connectivity index (χ0v) is 9.77. The zero-order chi connectivity index (χ0) is 12.0. The third-order valence-electron chi connectivity index (χ3n) is 2.09. The molecule has 0 radical (unpaired) electrons. The van der Waals surface area contributed by atoms with Gasteiger partial charge < -0.3 is 9.84 Å². The third-order valence-corrected chi connectivity index (χ3v) is 2.09. The number of aliphatic hydroxyl groups excluding tert-OH is 1. The predicted octanol–water partition coefficient (Wildman–Crippen LogP) is 2.43. The van der Waals surface area contributed by atoms with Gasteiger partial charge in [0.1, 0.15) is 5.75 Å². The summed E-state index contributed by atoms with van der Waals surface area (Å²) in [5, 5.41) is 8.66. The minimum atomic E-state index is 0.0447. The van der Waals surface area contributed by atoms with Gasteiger partial charge >= 0.3 is 0 Å². The molecule has 88 valence electrons. The van der Waals surface area contributed by atoms with Crippen LogP contribution in [0, 0.1) is 0 Å². The number of carbonyl (C=O) groups excluding carboxylic acids is 1. The molecular weight excluding hydrogens is 204 g/mol. The van der Waals surface area contributed by atoms with Gasteiger partial charge in [-0.3, -0.25) is 4.79 Å². The molecule has 0 saturated heterocycles. The molecule has 0 heterocycles. The molecule has 3 nitrogen and oxygen atoms in total. The highest BCUT2D eigenvalue weighted by Crippen LogP contribution is 2.16. The number of ether oxygens (including phenoxy) is 1. The van der Waals surface area contributed by atoms with E-state index in [2.05, 4.69) is 0 Å². The van der Waals surface area contributed by atoms with Crippen molar-refractivity contribution in [2.75, 3.05) is 6.61 Å². The van der Waals surface area contributed by atoms with Gasteiger partial charge in [0.05, 0.1) is 6.10 Å². The summed E-state index contributed by atoms with van der Waals surface area (Å²) in [4.78, 5) is 11.7. The summed E-state index contributed by atoms with van der Waals surface area (Å²) in [5.74, 6) is 0.758. The Morgan fingerprint density at radius 1 is 1.44 bits per heavy atom. The molecule has 0 fully saturated rings. The lowest BCUT2D eigenvalue weighted by Crippen LogP contribution is -2.06. The second-order valence-electron chi connectivity index (χ2n) is 3.94. The first-order valence-electron chi connectivity index (χ1n) is 5.54. The maximum atomic E-state index is 11.7. The fraction of sp³-hybridized carbons (Fsp3) is 0.462. The average molecular weight is 222 g/mol. The molecule has 0 aliphatic heterocycles. The summed E-state index contributed by atoms with van der Waals surface area (Å²) < 4.78 is 5.51. The van der Waals surface area contributed by atoms with Crippen molar-refractivity contribution in [1.29, 1.82) is 0 Å². The van der Waals surface area contributed by atoms with Crippen molar-refractivity contribution in [2.24, 2.45) is 0 Å². The molecular formula is C13H18O3. The summed E-state index contributed by atoms with van der Waals surface area (Å²) in [6, 6.07) is 7.17. The maximum absolute atomic E-state index is 11.7. The molecule has 0 amide bonds. The lowest BCUT2D eigenvalue weighted by molar-refractivity contribution is 0.0970. The molecule has 0 unspecified atom stereocenters. The fourth-order valence-corrected chi connectivity index (χ4v) is 1.40. The number of rotatable bonds is 6. The highest BCUT2D eigenvalue weighted by Gasteiger charge is 2.07. The Morgan fingerprint density at radius 2 is 2.19 bits per heavy atom. The van der Waals surface area contributed by atoms with Crippen LogP contribution in [0.1, 0.15) is 37.0 Å². The summed E-state index contributed by atoms with van der Waals surface area (Å²) >= 11 is 0. The quantitative estimate of drug-likeness (QED) is 0.752. The molecule has 3 heteroatoms. The topological polar surface area (TPSA) is 46.5 Å². The normalized spacial score (nSPS) is 10.5. The Balaban J connectivity index is 2.69. The number of ketones is 1. The van der Waals surface area contributed by atoms with Crippen LogP contribution in [0.25, 0.3) is 0 Å². The molecule has 1 aromatic rings. The monoisotopic (exact) mass is 222 g/mol. The van der Waals surface area contributed by atoms with Gasteiger partial charge in [-0.15, -0.1) is 0 Å². The van der Waals surface area contributed by atoms with Gasteiger partial charge in [-0.2, -0.15) is 0 Å². The molecule has 0 saturated carbocycles. The predicted molar refractivity (Wildman–Crippen MR) is 62.9 cm³/mol. The molecule has 1 N–H and O–H groups in total. The van der Waals surface area contributed by atoms with E-state index in [1.54, 1.807) is 12.1 Å². The van der Waals surface area contributed by atoms with E-state index >= 15 is 0 Å². The number of Topliss-reactive ketones (excluding diaryl/α,β-unsaturated/α-hetero) is 1. The molecule has 16 heavy (non-hydrogen) atoms. The average Bonchev–Trinajstić information content (AvgIpc) is 2.25. The van der Waals surface area contributed by atoms with Gasteiger partial charge in [0.15, 0.2) is 5.78 Å². The van der Waals surface area contributed by atoms with E-state index in [1.807, 2.05) is 26.0 Å². The van der Waals surface area contributed by atoms with Crippen LogP contribution in [0.5, 0.6) is 5.75 Å². The summed E-state index contributed by atoms with van der Waals surface area (Å²) in [5.41, 5.74) is 0.645. The van der Waals surface area contributed by atoms with Gasteiger partial charge in [-0.05, 0) is 32.4 Å². The van der Waals surface area contributed by atoms with Crippen molar-refractivity contribution in [3.05, 3.63) is 29.8 Å². The Morgan fingerprint density at radius 3 is 2.81 bits per heavy atom. The number of aliphatic hydroxyl groups is 1. The van der Waals surface area contributed by atoms with Crippen LogP contribution in [0.2, 0.25) is 0 Å². The lowest BCUT2D eigenvalue weighted by Gasteiger charge is -2.10. The maximum Gasteiger partial charge on any atom is 0.163 e. The molecule has 0 aromatic heterocycles. The van der Waals surface area contributed by atoms with Crippen LogP contribution < -0.4 is 4.74 Å².